The summed E-state index contributed by atoms with van der Waals surface area (Å²) in [6, 6.07) is 15.5. The Kier molecular flexibility index (Phi) is 3.04. The van der Waals surface area contributed by atoms with E-state index in [1.165, 1.54) is 0 Å². The van der Waals surface area contributed by atoms with Gasteiger partial charge in [-0.25, -0.2) is 4.98 Å². The number of benzene rings is 2. The summed E-state index contributed by atoms with van der Waals surface area (Å²) in [6.07, 6.45) is 0. The molecule has 18 heavy (non-hydrogen) atoms. The first kappa shape index (κ1) is 11.7. The number of nitrogens with zero attached hydrogens (tertiary/aromatic N) is 1. The largest absolute Gasteiger partial charge is 0.318 e. The molecule has 3 rings (SSSR count). The topological polar surface area (TPSA) is 38.9 Å². The summed E-state index contributed by atoms with van der Waals surface area (Å²) in [5.74, 6) is 0. The molecule has 1 aromatic heterocycles. The van der Waals surface area contributed by atoms with Crippen LogP contribution in [0.2, 0.25) is 5.02 Å². The maximum Gasteiger partial charge on any atom is 0.115 e. The van der Waals surface area contributed by atoms with Gasteiger partial charge in [-0.05, 0) is 23.8 Å². The van der Waals surface area contributed by atoms with Crippen LogP contribution in [0.3, 0.4) is 0 Å². The number of hydrogen-bond donors (Lipinski definition) is 1. The molecule has 0 saturated heterocycles. The van der Waals surface area contributed by atoms with Crippen LogP contribution in [-0.4, -0.2) is 4.98 Å². The van der Waals surface area contributed by atoms with Gasteiger partial charge < -0.3 is 5.73 Å². The highest BCUT2D eigenvalue weighted by Gasteiger charge is 2.13. The van der Waals surface area contributed by atoms with Crippen molar-refractivity contribution in [3.63, 3.8) is 0 Å². The Labute approximate surface area is 114 Å². The Bertz CT molecular complexity index is 679. The highest BCUT2D eigenvalue weighted by atomic mass is 35.5. The van der Waals surface area contributed by atoms with Crippen molar-refractivity contribution in [1.29, 1.82) is 0 Å². The van der Waals surface area contributed by atoms with E-state index in [2.05, 4.69) is 4.98 Å². The predicted molar refractivity (Wildman–Crippen MR) is 77.1 cm³/mol. The fraction of sp³-hybridized carbons (Fsp3) is 0.0714. The average molecular weight is 275 g/mol. The molecule has 0 radical (unpaired) electrons. The van der Waals surface area contributed by atoms with Crippen molar-refractivity contribution in [3.05, 3.63) is 64.1 Å². The van der Waals surface area contributed by atoms with Gasteiger partial charge in [0, 0.05) is 5.02 Å². The first-order chi connectivity index (χ1) is 8.74. The Morgan fingerprint density at radius 2 is 1.89 bits per heavy atom. The second-order valence-corrected chi connectivity index (χ2v) is 5.55. The van der Waals surface area contributed by atoms with Crippen LogP contribution in [0.5, 0.6) is 0 Å². The van der Waals surface area contributed by atoms with Gasteiger partial charge in [-0.3, -0.25) is 0 Å². The van der Waals surface area contributed by atoms with Gasteiger partial charge in [0.05, 0.1) is 16.3 Å². The van der Waals surface area contributed by atoms with E-state index in [1.54, 1.807) is 11.3 Å². The number of hydrogen-bond acceptors (Lipinski definition) is 3. The van der Waals surface area contributed by atoms with Crippen molar-refractivity contribution < 1.29 is 0 Å². The lowest BCUT2D eigenvalue weighted by Crippen LogP contribution is -2.10. The third-order valence-corrected chi connectivity index (χ3v) is 4.13. The molecule has 1 heterocycles. The lowest BCUT2D eigenvalue weighted by Gasteiger charge is -2.07. The molecule has 2 nitrogen and oxygen atoms in total. The summed E-state index contributed by atoms with van der Waals surface area (Å²) in [6.45, 7) is 0. The number of fused-ring (bicyclic) bond motifs is 1. The number of thiazole rings is 1. The van der Waals surface area contributed by atoms with Crippen LogP contribution >= 0.6 is 22.9 Å². The first-order valence-corrected chi connectivity index (χ1v) is 6.80. The molecule has 0 bridgehead atoms. The van der Waals surface area contributed by atoms with Crippen molar-refractivity contribution >= 4 is 33.2 Å². The first-order valence-electron chi connectivity index (χ1n) is 5.60. The average Bonchev–Trinajstić information content (AvgIpc) is 2.81. The third kappa shape index (κ3) is 2.12. The maximum atomic E-state index is 6.23. The highest BCUT2D eigenvalue weighted by molar-refractivity contribution is 7.18. The molecule has 0 amide bonds. The van der Waals surface area contributed by atoms with Crippen molar-refractivity contribution in [2.75, 3.05) is 0 Å². The van der Waals surface area contributed by atoms with Gasteiger partial charge in [0.15, 0.2) is 0 Å². The van der Waals surface area contributed by atoms with E-state index in [-0.39, 0.29) is 6.04 Å². The van der Waals surface area contributed by atoms with Crippen molar-refractivity contribution in [2.24, 2.45) is 5.73 Å². The van der Waals surface area contributed by atoms with Gasteiger partial charge in [-0.2, -0.15) is 0 Å². The quantitative estimate of drug-likeness (QED) is 0.767. The van der Waals surface area contributed by atoms with Crippen molar-refractivity contribution in [1.82, 2.24) is 4.98 Å². The maximum absolute atomic E-state index is 6.23. The van der Waals surface area contributed by atoms with Crippen LogP contribution in [0.25, 0.3) is 10.2 Å². The van der Waals surface area contributed by atoms with Crippen LogP contribution in [0.15, 0.2) is 48.5 Å². The normalized spacial score (nSPS) is 12.8. The second-order valence-electron chi connectivity index (χ2n) is 4.05. The highest BCUT2D eigenvalue weighted by Crippen LogP contribution is 2.30. The predicted octanol–water partition coefficient (Wildman–Crippen LogP) is 4.00. The molecular weight excluding hydrogens is 264 g/mol. The van der Waals surface area contributed by atoms with Gasteiger partial charge >= 0.3 is 0 Å². The zero-order chi connectivity index (χ0) is 12.5. The summed E-state index contributed by atoms with van der Waals surface area (Å²) in [5, 5.41) is 1.64. The smallest absolute Gasteiger partial charge is 0.115 e. The molecule has 0 fully saturated rings. The summed E-state index contributed by atoms with van der Waals surface area (Å²) in [5.41, 5.74) is 8.25. The third-order valence-electron chi connectivity index (χ3n) is 2.79. The lowest BCUT2D eigenvalue weighted by molar-refractivity contribution is 0.862. The minimum atomic E-state index is -0.178. The molecule has 1 atom stereocenters. The number of aromatic nitrogens is 1. The van der Waals surface area contributed by atoms with Crippen LogP contribution in [0.4, 0.5) is 0 Å². The molecule has 2 aromatic carbocycles. The molecule has 0 spiro atoms. The summed E-state index contributed by atoms with van der Waals surface area (Å²) >= 11 is 7.57. The van der Waals surface area contributed by atoms with Crippen LogP contribution in [0.1, 0.15) is 16.6 Å². The lowest BCUT2D eigenvalue weighted by atomic mass is 10.1. The standard InChI is InChI=1S/C14H11ClN2S/c15-10-6-7-11-12(8-10)18-14(17-11)13(16)9-4-2-1-3-5-9/h1-8,13H,16H2. The fourth-order valence-corrected chi connectivity index (χ4v) is 3.13. The van der Waals surface area contributed by atoms with Crippen molar-refractivity contribution in [2.45, 2.75) is 6.04 Å². The molecule has 0 aliphatic carbocycles. The number of halogens is 1. The molecule has 4 heteroatoms. The van der Waals surface area contributed by atoms with Gasteiger partial charge in [0.25, 0.3) is 0 Å². The number of nitrogens with two attached hydrogens (primary N) is 1. The zero-order valence-corrected chi connectivity index (χ0v) is 11.1. The minimum absolute atomic E-state index is 0.178. The molecule has 3 aromatic rings. The minimum Gasteiger partial charge on any atom is -0.318 e. The van der Waals surface area contributed by atoms with Gasteiger partial charge in [0.1, 0.15) is 5.01 Å². The van der Waals surface area contributed by atoms with Gasteiger partial charge in [-0.1, -0.05) is 41.9 Å². The molecule has 0 saturated carbocycles. The zero-order valence-electron chi connectivity index (χ0n) is 9.51. The van der Waals surface area contributed by atoms with Gasteiger partial charge in [-0.15, -0.1) is 11.3 Å². The summed E-state index contributed by atoms with van der Waals surface area (Å²) in [7, 11) is 0. The molecule has 1 unspecified atom stereocenters. The Morgan fingerprint density at radius 3 is 2.67 bits per heavy atom. The fourth-order valence-electron chi connectivity index (χ4n) is 1.85. The van der Waals surface area contributed by atoms with Gasteiger partial charge in [0.2, 0.25) is 0 Å². The number of rotatable bonds is 2. The van der Waals surface area contributed by atoms with E-state index < -0.39 is 0 Å². The van der Waals surface area contributed by atoms with Crippen molar-refractivity contribution in [3.8, 4) is 0 Å². The summed E-state index contributed by atoms with van der Waals surface area (Å²) in [4.78, 5) is 4.57. The SMILES string of the molecule is NC(c1ccccc1)c1nc2ccc(Cl)cc2s1. The summed E-state index contributed by atoms with van der Waals surface area (Å²) < 4.78 is 1.07. The molecular formula is C14H11ClN2S. The Balaban J connectivity index is 2.04. The molecule has 2 N–H and O–H groups in total. The van der Waals surface area contributed by atoms with E-state index in [0.29, 0.717) is 0 Å². The van der Waals surface area contributed by atoms with E-state index in [9.17, 15) is 0 Å². The Morgan fingerprint density at radius 1 is 1.11 bits per heavy atom. The van der Waals surface area contributed by atoms with E-state index in [4.69, 9.17) is 17.3 Å². The second kappa shape index (κ2) is 4.69. The van der Waals surface area contributed by atoms with Crippen LogP contribution < -0.4 is 5.73 Å². The molecule has 0 aliphatic heterocycles. The Hall–Kier alpha value is -1.42. The van der Waals surface area contributed by atoms with E-state index >= 15 is 0 Å². The van der Waals surface area contributed by atoms with Crippen LogP contribution in [0, 0.1) is 0 Å². The molecule has 90 valence electrons. The van der Waals surface area contributed by atoms with Crippen LogP contribution in [-0.2, 0) is 0 Å². The monoisotopic (exact) mass is 274 g/mol. The van der Waals surface area contributed by atoms with E-state index in [0.717, 1.165) is 25.8 Å². The van der Waals surface area contributed by atoms with E-state index in [1.807, 2.05) is 48.5 Å². The molecule has 0 aliphatic rings.